The van der Waals surface area contributed by atoms with Crippen LogP contribution in [-0.4, -0.2) is 16.5 Å². The third-order valence-corrected chi connectivity index (χ3v) is 5.32. The Morgan fingerprint density at radius 3 is 2.69 bits per heavy atom. The summed E-state index contributed by atoms with van der Waals surface area (Å²) >= 11 is 1.52. The van der Waals surface area contributed by atoms with Crippen LogP contribution in [0.2, 0.25) is 0 Å². The topological polar surface area (TPSA) is 96.0 Å². The fraction of sp³-hybridized carbons (Fsp3) is 0.368. The van der Waals surface area contributed by atoms with Crippen LogP contribution in [-0.2, 0) is 4.79 Å². The molecule has 0 spiro atoms. The van der Waals surface area contributed by atoms with E-state index in [0.29, 0.717) is 27.4 Å². The number of carbonyl (C=O) groups is 1. The van der Waals surface area contributed by atoms with Crippen LogP contribution in [0.15, 0.2) is 46.1 Å². The van der Waals surface area contributed by atoms with Gasteiger partial charge in [0.15, 0.2) is 5.78 Å². The molecule has 0 unspecified atom stereocenters. The summed E-state index contributed by atoms with van der Waals surface area (Å²) in [6.07, 6.45) is 2.02. The third kappa shape index (κ3) is 3.97. The highest BCUT2D eigenvalue weighted by atomic mass is 32.2. The summed E-state index contributed by atoms with van der Waals surface area (Å²) in [7, 11) is 0. The monoisotopic (exact) mass is 371 g/mol. The zero-order chi connectivity index (χ0) is 19.3. The maximum absolute atomic E-state index is 12.3. The second-order valence-corrected chi connectivity index (χ2v) is 7.13. The average molecular weight is 371 g/mol. The number of unbranched alkanes of at least 4 members (excludes halogenated alkanes) is 1. The molecule has 0 bridgehead atoms. The van der Waals surface area contributed by atoms with Gasteiger partial charge in [0.1, 0.15) is 0 Å². The van der Waals surface area contributed by atoms with Crippen molar-refractivity contribution in [1.29, 1.82) is 5.26 Å². The third-order valence-electron chi connectivity index (χ3n) is 4.22. The number of rotatable bonds is 7. The zero-order valence-corrected chi connectivity index (χ0v) is 15.9. The number of para-hydroxylation sites is 1. The zero-order valence-electron chi connectivity index (χ0n) is 15.0. The van der Waals surface area contributed by atoms with Gasteiger partial charge in [-0.05, 0) is 26.0 Å². The van der Waals surface area contributed by atoms with Gasteiger partial charge in [0, 0.05) is 22.9 Å². The van der Waals surface area contributed by atoms with Crippen LogP contribution in [0.3, 0.4) is 0 Å². The number of hydrogen-bond donors (Lipinski definition) is 1. The number of hydrogen-bond acceptors (Lipinski definition) is 6. The summed E-state index contributed by atoms with van der Waals surface area (Å²) in [5.74, 6) is -0.107. The standard InChI is InChI=1S/C19H21N3O3S/c1-4-5-10-26-19-15(11-20)18(17(13(3)23)12(2)21-19)14-8-6-7-9-16(14)22(24)25/h6-9,18,21H,4-5,10H2,1-3H3/t18-/m0/s1. The number of benzene rings is 1. The van der Waals surface area contributed by atoms with Crippen LogP contribution < -0.4 is 5.32 Å². The highest BCUT2D eigenvalue weighted by molar-refractivity contribution is 8.03. The van der Waals surface area contributed by atoms with E-state index >= 15 is 0 Å². The van der Waals surface area contributed by atoms with E-state index in [1.165, 1.54) is 24.8 Å². The molecule has 1 aromatic carbocycles. The summed E-state index contributed by atoms with van der Waals surface area (Å²) in [5, 5.41) is 25.1. The lowest BCUT2D eigenvalue weighted by atomic mass is 9.80. The van der Waals surface area contributed by atoms with E-state index in [9.17, 15) is 20.2 Å². The normalized spacial score (nSPS) is 16.9. The van der Waals surface area contributed by atoms with Gasteiger partial charge in [-0.1, -0.05) is 31.5 Å². The number of carbonyl (C=O) groups excluding carboxylic acids is 1. The molecule has 0 saturated heterocycles. The number of ketones is 1. The van der Waals surface area contributed by atoms with E-state index in [0.717, 1.165) is 18.6 Å². The van der Waals surface area contributed by atoms with Crippen molar-refractivity contribution < 1.29 is 9.72 Å². The molecule has 1 aromatic rings. The van der Waals surface area contributed by atoms with Crippen LogP contribution >= 0.6 is 11.8 Å². The van der Waals surface area contributed by atoms with E-state index in [1.807, 2.05) is 0 Å². The van der Waals surface area contributed by atoms with Gasteiger partial charge in [0.05, 0.1) is 27.5 Å². The summed E-state index contributed by atoms with van der Waals surface area (Å²) in [4.78, 5) is 23.3. The van der Waals surface area contributed by atoms with E-state index < -0.39 is 10.8 Å². The van der Waals surface area contributed by atoms with E-state index in [4.69, 9.17) is 0 Å². The largest absolute Gasteiger partial charge is 0.353 e. The van der Waals surface area contributed by atoms with Crippen LogP contribution in [0.1, 0.15) is 45.1 Å². The first-order valence-electron chi connectivity index (χ1n) is 8.41. The smallest absolute Gasteiger partial charge is 0.273 e. The van der Waals surface area contributed by atoms with Gasteiger partial charge in [0.25, 0.3) is 5.69 Å². The molecule has 0 radical (unpaired) electrons. The number of nitro benzene ring substituents is 1. The number of nitriles is 1. The quantitative estimate of drug-likeness (QED) is 0.433. The minimum atomic E-state index is -0.732. The number of allylic oxidation sites excluding steroid dienone is 3. The Hall–Kier alpha value is -2.59. The van der Waals surface area contributed by atoms with Crippen molar-refractivity contribution in [3.8, 4) is 6.07 Å². The fourth-order valence-electron chi connectivity index (χ4n) is 3.02. The number of nitro groups is 1. The van der Waals surface area contributed by atoms with E-state index in [2.05, 4.69) is 18.3 Å². The van der Waals surface area contributed by atoms with Crippen molar-refractivity contribution in [3.05, 3.63) is 61.8 Å². The number of nitrogens with zero attached hydrogens (tertiary/aromatic N) is 2. The van der Waals surface area contributed by atoms with Gasteiger partial charge in [-0.2, -0.15) is 5.26 Å². The Kier molecular flexibility index (Phi) is 6.58. The van der Waals surface area contributed by atoms with Gasteiger partial charge in [-0.25, -0.2) is 0 Å². The molecular weight excluding hydrogens is 350 g/mol. The first-order chi connectivity index (χ1) is 12.4. The Bertz CT molecular complexity index is 837. The Balaban J connectivity index is 2.65. The van der Waals surface area contributed by atoms with Crippen LogP contribution in [0.25, 0.3) is 0 Å². The van der Waals surface area contributed by atoms with Crippen molar-refractivity contribution in [2.24, 2.45) is 0 Å². The molecule has 26 heavy (non-hydrogen) atoms. The summed E-state index contributed by atoms with van der Waals surface area (Å²) in [6, 6.07) is 8.49. The molecule has 1 heterocycles. The lowest BCUT2D eigenvalue weighted by molar-refractivity contribution is -0.385. The van der Waals surface area contributed by atoms with E-state index in [-0.39, 0.29) is 11.5 Å². The Morgan fingerprint density at radius 1 is 1.42 bits per heavy atom. The molecule has 1 aliphatic heterocycles. The molecule has 0 aliphatic carbocycles. The molecule has 0 amide bonds. The van der Waals surface area contributed by atoms with Crippen molar-refractivity contribution in [2.75, 3.05) is 5.75 Å². The number of Topliss-reactive ketones (excluding diaryl/α,β-unsaturated/α-hetero) is 1. The first kappa shape index (κ1) is 19.7. The lowest BCUT2D eigenvalue weighted by Gasteiger charge is -2.29. The minimum Gasteiger partial charge on any atom is -0.353 e. The van der Waals surface area contributed by atoms with Crippen LogP contribution in [0, 0.1) is 21.4 Å². The minimum absolute atomic E-state index is 0.0865. The molecule has 0 fully saturated rings. The molecule has 136 valence electrons. The summed E-state index contributed by atoms with van der Waals surface area (Å²) in [6.45, 7) is 5.28. The van der Waals surface area contributed by atoms with Crippen molar-refractivity contribution in [2.45, 2.75) is 39.5 Å². The highest BCUT2D eigenvalue weighted by Crippen LogP contribution is 2.43. The molecule has 1 aliphatic rings. The molecular formula is C19H21N3O3S. The van der Waals surface area contributed by atoms with Crippen LogP contribution in [0.5, 0.6) is 0 Å². The van der Waals surface area contributed by atoms with Gasteiger partial charge >= 0.3 is 0 Å². The molecule has 0 saturated carbocycles. The predicted octanol–water partition coefficient (Wildman–Crippen LogP) is 4.41. The SMILES string of the molecule is CCCCSC1=C(C#N)[C@H](c2ccccc2[N+](=O)[O-])C(C(C)=O)=C(C)N1. The van der Waals surface area contributed by atoms with Crippen molar-refractivity contribution >= 4 is 23.2 Å². The van der Waals surface area contributed by atoms with Crippen molar-refractivity contribution in [3.63, 3.8) is 0 Å². The number of dihydropyridines is 1. The maximum Gasteiger partial charge on any atom is 0.273 e. The Labute approximate surface area is 157 Å². The van der Waals surface area contributed by atoms with Crippen LogP contribution in [0.4, 0.5) is 5.69 Å². The average Bonchev–Trinajstić information content (AvgIpc) is 2.61. The maximum atomic E-state index is 12.3. The van der Waals surface area contributed by atoms with Gasteiger partial charge < -0.3 is 5.32 Å². The summed E-state index contributed by atoms with van der Waals surface area (Å²) < 4.78 is 0. The second kappa shape index (κ2) is 8.68. The lowest BCUT2D eigenvalue weighted by Crippen LogP contribution is -2.27. The molecule has 1 atom stereocenters. The van der Waals surface area contributed by atoms with Gasteiger partial charge in [-0.3, -0.25) is 14.9 Å². The molecule has 7 heteroatoms. The van der Waals surface area contributed by atoms with Gasteiger partial charge in [0.2, 0.25) is 0 Å². The second-order valence-electron chi connectivity index (χ2n) is 6.03. The number of nitrogens with one attached hydrogen (secondary N) is 1. The van der Waals surface area contributed by atoms with Crippen molar-refractivity contribution in [1.82, 2.24) is 5.32 Å². The van der Waals surface area contributed by atoms with E-state index in [1.54, 1.807) is 25.1 Å². The highest BCUT2D eigenvalue weighted by Gasteiger charge is 2.36. The predicted molar refractivity (Wildman–Crippen MR) is 102 cm³/mol. The Morgan fingerprint density at radius 2 is 2.12 bits per heavy atom. The molecule has 0 aromatic heterocycles. The van der Waals surface area contributed by atoms with Gasteiger partial charge in [-0.15, -0.1) is 11.8 Å². The fourth-order valence-corrected chi connectivity index (χ4v) is 4.20. The molecule has 6 nitrogen and oxygen atoms in total. The molecule has 1 N–H and O–H groups in total. The summed E-state index contributed by atoms with van der Waals surface area (Å²) in [5.41, 5.74) is 1.68. The molecule has 2 rings (SSSR count). The first-order valence-corrected chi connectivity index (χ1v) is 9.40. The number of thioether (sulfide) groups is 1.